The van der Waals surface area contributed by atoms with E-state index >= 15 is 0 Å². The number of fused-ring (bicyclic) bond motifs is 5. The van der Waals surface area contributed by atoms with Crippen molar-refractivity contribution in [1.29, 1.82) is 0 Å². The minimum atomic E-state index is -0.677. The molecule has 1 saturated carbocycles. The number of carbonyl (C=O) groups excluding carboxylic acids is 1. The van der Waals surface area contributed by atoms with Gasteiger partial charge in [-0.1, -0.05) is 26.0 Å². The quantitative estimate of drug-likeness (QED) is 0.593. The fraction of sp³-hybridized carbons (Fsp3) is 0.385. The second-order valence-corrected chi connectivity index (χ2v) is 9.81. The Bertz CT molecular complexity index is 1280. The van der Waals surface area contributed by atoms with E-state index in [1.54, 1.807) is 25.1 Å². The molecule has 2 N–H and O–H groups in total. The number of nitrogens with zero attached hydrogens (tertiary/aromatic N) is 3. The van der Waals surface area contributed by atoms with Gasteiger partial charge in [-0.3, -0.25) is 4.79 Å². The first-order chi connectivity index (χ1) is 16.2. The van der Waals surface area contributed by atoms with E-state index in [4.69, 9.17) is 4.98 Å². The maximum Gasteiger partial charge on any atom is 0.270 e. The van der Waals surface area contributed by atoms with E-state index < -0.39 is 23.1 Å². The Morgan fingerprint density at radius 1 is 1.18 bits per heavy atom. The third kappa shape index (κ3) is 3.08. The Balaban J connectivity index is 1.62. The predicted molar refractivity (Wildman–Crippen MR) is 122 cm³/mol. The molecule has 0 unspecified atom stereocenters. The number of aliphatic hydroxyl groups excluding tert-OH is 1. The molecule has 2 bridgehead atoms. The van der Waals surface area contributed by atoms with Crippen LogP contribution < -0.4 is 5.32 Å². The first kappa shape index (κ1) is 22.5. The fourth-order valence-corrected chi connectivity index (χ4v) is 5.90. The van der Waals surface area contributed by atoms with Crippen LogP contribution in [0.15, 0.2) is 42.5 Å². The molecule has 1 aromatic carbocycles. The van der Waals surface area contributed by atoms with Crippen LogP contribution in [-0.4, -0.2) is 38.8 Å². The van der Waals surface area contributed by atoms with Crippen LogP contribution in [0.25, 0.3) is 11.3 Å². The van der Waals surface area contributed by atoms with Crippen LogP contribution >= 0.6 is 0 Å². The Morgan fingerprint density at radius 2 is 1.88 bits per heavy atom. The number of benzene rings is 1. The van der Waals surface area contributed by atoms with Gasteiger partial charge in [-0.15, -0.1) is 5.10 Å². The van der Waals surface area contributed by atoms with Gasteiger partial charge in [-0.05, 0) is 67.0 Å². The van der Waals surface area contributed by atoms with Crippen LogP contribution in [0.5, 0.6) is 0 Å². The molecule has 6 nitrogen and oxygen atoms in total. The SMILES string of the molecule is C[C@@H](CO)NC(=O)c1cccc([C@@]23CC[C@@H](c4cc(-c5c(F)cccc5F)nnc42)C3(C)C)n1. The van der Waals surface area contributed by atoms with E-state index in [2.05, 4.69) is 29.4 Å². The molecule has 0 saturated heterocycles. The molecule has 8 heteroatoms. The van der Waals surface area contributed by atoms with Crippen LogP contribution in [0.2, 0.25) is 0 Å². The summed E-state index contributed by atoms with van der Waals surface area (Å²) in [4.78, 5) is 17.4. The van der Waals surface area contributed by atoms with Gasteiger partial charge in [0.15, 0.2) is 0 Å². The molecule has 0 aliphatic heterocycles. The summed E-state index contributed by atoms with van der Waals surface area (Å²) in [5.74, 6) is -1.60. The summed E-state index contributed by atoms with van der Waals surface area (Å²) in [6.07, 6.45) is 1.65. The molecular weight excluding hydrogens is 438 g/mol. The molecule has 1 amide bonds. The molecule has 176 valence electrons. The predicted octanol–water partition coefficient (Wildman–Crippen LogP) is 4.13. The average Bonchev–Trinajstić information content (AvgIpc) is 3.20. The van der Waals surface area contributed by atoms with Crippen LogP contribution in [0.3, 0.4) is 0 Å². The summed E-state index contributed by atoms with van der Waals surface area (Å²) in [6, 6.07) is 10.5. The van der Waals surface area contributed by atoms with Crippen LogP contribution in [-0.2, 0) is 5.41 Å². The summed E-state index contributed by atoms with van der Waals surface area (Å²) in [5.41, 5.74) is 1.79. The van der Waals surface area contributed by atoms with E-state index in [0.29, 0.717) is 0 Å². The molecule has 34 heavy (non-hydrogen) atoms. The van der Waals surface area contributed by atoms with Crippen LogP contribution in [0.1, 0.15) is 67.0 Å². The Morgan fingerprint density at radius 3 is 2.59 bits per heavy atom. The van der Waals surface area contributed by atoms with Crippen molar-refractivity contribution < 1.29 is 18.7 Å². The van der Waals surface area contributed by atoms with Crippen molar-refractivity contribution in [2.75, 3.05) is 6.61 Å². The summed E-state index contributed by atoms with van der Waals surface area (Å²) in [6.45, 7) is 5.85. The number of aromatic nitrogens is 3. The van der Waals surface area contributed by atoms with E-state index in [-0.39, 0.29) is 40.8 Å². The van der Waals surface area contributed by atoms with Gasteiger partial charge in [0.2, 0.25) is 0 Å². The largest absolute Gasteiger partial charge is 0.394 e. The normalized spacial score (nSPS) is 22.9. The highest BCUT2D eigenvalue weighted by molar-refractivity contribution is 5.92. The lowest BCUT2D eigenvalue weighted by Gasteiger charge is -2.37. The molecule has 2 aromatic heterocycles. The van der Waals surface area contributed by atoms with Gasteiger partial charge in [-0.2, -0.15) is 5.10 Å². The maximum atomic E-state index is 14.4. The average molecular weight is 465 g/mol. The number of nitrogens with one attached hydrogen (secondary N) is 1. The number of hydrogen-bond acceptors (Lipinski definition) is 5. The Labute approximate surface area is 196 Å². The highest BCUT2D eigenvalue weighted by atomic mass is 19.1. The first-order valence-electron chi connectivity index (χ1n) is 11.4. The number of hydrogen-bond donors (Lipinski definition) is 2. The van der Waals surface area contributed by atoms with Gasteiger partial charge in [0, 0.05) is 6.04 Å². The lowest BCUT2D eigenvalue weighted by Crippen LogP contribution is -2.39. The van der Waals surface area contributed by atoms with Gasteiger partial charge in [0.25, 0.3) is 5.91 Å². The third-order valence-electron chi connectivity index (χ3n) is 7.67. The molecule has 0 spiro atoms. The van der Waals surface area contributed by atoms with E-state index in [1.807, 2.05) is 6.07 Å². The van der Waals surface area contributed by atoms with E-state index in [1.165, 1.54) is 18.2 Å². The summed E-state index contributed by atoms with van der Waals surface area (Å²) in [7, 11) is 0. The standard InChI is InChI=1S/C26H26F2N4O2/c1-14(13-33)29-24(34)19-8-5-9-21(30-19)26-11-10-16(25(26,2)3)15-12-20(31-32-23(15)26)22-17(27)6-4-7-18(22)28/h4-9,12,14,16,33H,10-11,13H2,1-3H3,(H,29,34)/t14-,16-,26-/m0/s1. The fourth-order valence-electron chi connectivity index (χ4n) is 5.90. The molecule has 5 rings (SSSR count). The van der Waals surface area contributed by atoms with Crippen molar-refractivity contribution in [3.05, 3.63) is 76.7 Å². The van der Waals surface area contributed by atoms with Crippen molar-refractivity contribution in [1.82, 2.24) is 20.5 Å². The number of halogens is 2. The molecule has 2 aliphatic rings. The van der Waals surface area contributed by atoms with Crippen molar-refractivity contribution in [2.24, 2.45) is 5.41 Å². The smallest absolute Gasteiger partial charge is 0.270 e. The highest BCUT2D eigenvalue weighted by Crippen LogP contribution is 2.69. The van der Waals surface area contributed by atoms with Crippen molar-refractivity contribution in [3.8, 4) is 11.3 Å². The number of rotatable bonds is 5. The number of aliphatic hydroxyl groups is 1. The molecule has 3 aromatic rings. The minimum Gasteiger partial charge on any atom is -0.394 e. The van der Waals surface area contributed by atoms with Crippen LogP contribution in [0, 0.1) is 17.0 Å². The summed E-state index contributed by atoms with van der Waals surface area (Å²) < 4.78 is 28.9. The van der Waals surface area contributed by atoms with Crippen molar-refractivity contribution in [2.45, 2.75) is 51.0 Å². The van der Waals surface area contributed by atoms with Crippen LogP contribution in [0.4, 0.5) is 8.78 Å². The van der Waals surface area contributed by atoms with Gasteiger partial charge in [-0.25, -0.2) is 13.8 Å². The lowest BCUT2D eigenvalue weighted by molar-refractivity contribution is 0.0916. The summed E-state index contributed by atoms with van der Waals surface area (Å²) >= 11 is 0. The number of carbonyl (C=O) groups is 1. The molecule has 3 atom stereocenters. The summed E-state index contributed by atoms with van der Waals surface area (Å²) in [5, 5.41) is 20.8. The minimum absolute atomic E-state index is 0.111. The van der Waals surface area contributed by atoms with Gasteiger partial charge >= 0.3 is 0 Å². The molecule has 2 heterocycles. The van der Waals surface area contributed by atoms with Gasteiger partial charge in [0.05, 0.1) is 34.7 Å². The lowest BCUT2D eigenvalue weighted by atomic mass is 9.66. The Hall–Kier alpha value is -3.26. The third-order valence-corrected chi connectivity index (χ3v) is 7.67. The van der Waals surface area contributed by atoms with Gasteiger partial charge in [0.1, 0.15) is 17.3 Å². The zero-order valence-corrected chi connectivity index (χ0v) is 19.3. The molecule has 2 aliphatic carbocycles. The van der Waals surface area contributed by atoms with Crippen molar-refractivity contribution >= 4 is 5.91 Å². The maximum absolute atomic E-state index is 14.4. The Kier molecular flexibility index (Phi) is 5.24. The first-order valence-corrected chi connectivity index (χ1v) is 11.4. The zero-order valence-electron chi connectivity index (χ0n) is 19.3. The molecular formula is C26H26F2N4O2. The van der Waals surface area contributed by atoms with Crippen molar-refractivity contribution in [3.63, 3.8) is 0 Å². The van der Waals surface area contributed by atoms with Gasteiger partial charge < -0.3 is 10.4 Å². The number of pyridine rings is 1. The number of amides is 1. The highest BCUT2D eigenvalue weighted by Gasteiger charge is 2.65. The topological polar surface area (TPSA) is 88.0 Å². The van der Waals surface area contributed by atoms with E-state index in [0.717, 1.165) is 29.8 Å². The monoisotopic (exact) mass is 464 g/mol. The molecule has 0 radical (unpaired) electrons. The second kappa shape index (κ2) is 7.91. The zero-order chi connectivity index (χ0) is 24.3. The molecule has 1 fully saturated rings. The second-order valence-electron chi connectivity index (χ2n) is 9.81. The van der Waals surface area contributed by atoms with E-state index in [9.17, 15) is 18.7 Å².